The Morgan fingerprint density at radius 1 is 1.40 bits per heavy atom. The van der Waals surface area contributed by atoms with Crippen molar-refractivity contribution in [3.05, 3.63) is 30.0 Å². The predicted octanol–water partition coefficient (Wildman–Crippen LogP) is 1.66. The highest BCUT2D eigenvalue weighted by Gasteiger charge is 2.08. The van der Waals surface area contributed by atoms with Gasteiger partial charge in [0.1, 0.15) is 5.75 Å². The molecule has 5 nitrogen and oxygen atoms in total. The second-order valence-electron chi connectivity index (χ2n) is 3.19. The Balaban J connectivity index is 2.51. The third-order valence-corrected chi connectivity index (χ3v) is 2.46. The van der Waals surface area contributed by atoms with Crippen LogP contribution >= 0.6 is 0 Å². The fourth-order valence-electron chi connectivity index (χ4n) is 1.41. The molecule has 1 aromatic carbocycles. The summed E-state index contributed by atoms with van der Waals surface area (Å²) in [5, 5.41) is 0.858. The lowest BCUT2D eigenvalue weighted by atomic mass is 10.2. The molecule has 2 N–H and O–H groups in total. The van der Waals surface area contributed by atoms with E-state index in [2.05, 4.69) is 9.17 Å². The van der Waals surface area contributed by atoms with Crippen molar-refractivity contribution in [2.45, 2.75) is 6.92 Å². The Morgan fingerprint density at radius 3 is 2.80 bits per heavy atom. The topological polar surface area (TPSA) is 79.4 Å². The van der Waals surface area contributed by atoms with E-state index in [-0.39, 0.29) is 5.75 Å². The molecule has 0 atom stereocenters. The van der Waals surface area contributed by atoms with Crippen LogP contribution in [0.5, 0.6) is 5.75 Å². The van der Waals surface area contributed by atoms with Crippen LogP contribution < -0.4 is 4.18 Å². The average Bonchev–Trinajstić information content (AvgIpc) is 2.45. The van der Waals surface area contributed by atoms with Crippen LogP contribution in [0.25, 0.3) is 10.9 Å². The molecule has 0 saturated heterocycles. The SMILES string of the molecule is Cc1c[nH]c2ccc(OS(=O)(=O)O)cc12. The minimum atomic E-state index is -4.45. The number of H-pyrrole nitrogens is 1. The molecular formula is C9H9NO4S. The lowest BCUT2D eigenvalue weighted by Gasteiger charge is -2.01. The lowest BCUT2D eigenvalue weighted by Crippen LogP contribution is -2.06. The second-order valence-corrected chi connectivity index (χ2v) is 4.21. The predicted molar refractivity (Wildman–Crippen MR) is 55.2 cm³/mol. The van der Waals surface area contributed by atoms with E-state index in [1.54, 1.807) is 12.1 Å². The Labute approximate surface area is 86.6 Å². The lowest BCUT2D eigenvalue weighted by molar-refractivity contribution is 0.387. The molecule has 0 aliphatic rings. The van der Waals surface area contributed by atoms with E-state index in [0.29, 0.717) is 0 Å². The van der Waals surface area contributed by atoms with Gasteiger partial charge in [-0.25, -0.2) is 0 Å². The van der Waals surface area contributed by atoms with Crippen LogP contribution in [0.2, 0.25) is 0 Å². The maximum atomic E-state index is 10.5. The zero-order valence-electron chi connectivity index (χ0n) is 7.89. The van der Waals surface area contributed by atoms with Crippen LogP contribution in [0.4, 0.5) is 0 Å². The Bertz CT molecular complexity index is 600. The van der Waals surface area contributed by atoms with Crippen molar-refractivity contribution in [2.75, 3.05) is 0 Å². The number of fused-ring (bicyclic) bond motifs is 1. The van der Waals surface area contributed by atoms with E-state index in [0.717, 1.165) is 16.5 Å². The molecule has 15 heavy (non-hydrogen) atoms. The third-order valence-electron chi connectivity index (χ3n) is 2.06. The minimum Gasteiger partial charge on any atom is -0.362 e. The molecule has 80 valence electrons. The van der Waals surface area contributed by atoms with E-state index in [1.165, 1.54) is 6.07 Å². The van der Waals surface area contributed by atoms with Crippen molar-refractivity contribution in [3.63, 3.8) is 0 Å². The summed E-state index contributed by atoms with van der Waals surface area (Å²) in [4.78, 5) is 3.01. The van der Waals surface area contributed by atoms with Crippen molar-refractivity contribution in [1.29, 1.82) is 0 Å². The van der Waals surface area contributed by atoms with Gasteiger partial charge in [-0.2, -0.15) is 8.42 Å². The van der Waals surface area contributed by atoms with Gasteiger partial charge in [0.2, 0.25) is 0 Å². The van der Waals surface area contributed by atoms with E-state index >= 15 is 0 Å². The minimum absolute atomic E-state index is 0.0905. The first-order valence-corrected chi connectivity index (χ1v) is 5.57. The summed E-state index contributed by atoms with van der Waals surface area (Å²) in [6.45, 7) is 1.88. The molecule has 0 unspecified atom stereocenters. The number of nitrogens with one attached hydrogen (secondary N) is 1. The van der Waals surface area contributed by atoms with E-state index in [1.807, 2.05) is 13.1 Å². The van der Waals surface area contributed by atoms with Gasteiger partial charge < -0.3 is 9.17 Å². The standard InChI is InChI=1S/C9H9NO4S/c1-6-5-10-9-3-2-7(4-8(6)9)14-15(11,12)13/h2-5,10H,1H3,(H,11,12,13). The van der Waals surface area contributed by atoms with Crippen molar-refractivity contribution in [1.82, 2.24) is 4.98 Å². The number of hydrogen-bond donors (Lipinski definition) is 2. The normalized spacial score (nSPS) is 11.9. The van der Waals surface area contributed by atoms with Crippen molar-refractivity contribution in [2.24, 2.45) is 0 Å². The number of aryl methyl sites for hydroxylation is 1. The van der Waals surface area contributed by atoms with Crippen LogP contribution in [0.1, 0.15) is 5.56 Å². The largest absolute Gasteiger partial charge is 0.446 e. The fraction of sp³-hybridized carbons (Fsp3) is 0.111. The first-order chi connectivity index (χ1) is 6.96. The van der Waals surface area contributed by atoms with E-state index in [4.69, 9.17) is 4.55 Å². The molecule has 0 spiro atoms. The van der Waals surface area contributed by atoms with Gasteiger partial charge in [-0.15, -0.1) is 0 Å². The van der Waals surface area contributed by atoms with E-state index < -0.39 is 10.4 Å². The van der Waals surface area contributed by atoms with Gasteiger partial charge in [-0.1, -0.05) is 0 Å². The van der Waals surface area contributed by atoms with Gasteiger partial charge in [0.05, 0.1) is 0 Å². The molecule has 0 fully saturated rings. The average molecular weight is 227 g/mol. The molecule has 2 aromatic rings. The van der Waals surface area contributed by atoms with Gasteiger partial charge in [-0.3, -0.25) is 4.55 Å². The smallest absolute Gasteiger partial charge is 0.362 e. The quantitative estimate of drug-likeness (QED) is 0.764. The molecular weight excluding hydrogens is 218 g/mol. The second kappa shape index (κ2) is 3.25. The number of rotatable bonds is 2. The molecule has 1 heterocycles. The summed E-state index contributed by atoms with van der Waals surface area (Å²) >= 11 is 0. The Morgan fingerprint density at radius 2 is 2.13 bits per heavy atom. The van der Waals surface area contributed by atoms with E-state index in [9.17, 15) is 8.42 Å². The molecule has 0 aliphatic carbocycles. The van der Waals surface area contributed by atoms with Gasteiger partial charge in [-0.05, 0) is 30.7 Å². The number of aromatic nitrogens is 1. The molecule has 1 aromatic heterocycles. The first kappa shape index (κ1) is 10.0. The molecule has 0 aliphatic heterocycles. The Kier molecular flexibility index (Phi) is 2.17. The highest BCUT2D eigenvalue weighted by Crippen LogP contribution is 2.23. The van der Waals surface area contributed by atoms with Gasteiger partial charge in [0.25, 0.3) is 0 Å². The zero-order valence-corrected chi connectivity index (χ0v) is 8.71. The van der Waals surface area contributed by atoms with Crippen molar-refractivity contribution < 1.29 is 17.2 Å². The van der Waals surface area contributed by atoms with Gasteiger partial charge >= 0.3 is 10.4 Å². The molecule has 2 rings (SSSR count). The molecule has 0 saturated carbocycles. The molecule has 0 bridgehead atoms. The van der Waals surface area contributed by atoms with Crippen molar-refractivity contribution in [3.8, 4) is 5.75 Å². The summed E-state index contributed by atoms with van der Waals surface area (Å²) in [5.41, 5.74) is 1.86. The number of hydrogen-bond acceptors (Lipinski definition) is 3. The van der Waals surface area contributed by atoms with Crippen LogP contribution in [0.15, 0.2) is 24.4 Å². The summed E-state index contributed by atoms with van der Waals surface area (Å²) in [6.07, 6.45) is 1.81. The number of benzene rings is 1. The van der Waals surface area contributed by atoms with Crippen LogP contribution in [0, 0.1) is 6.92 Å². The first-order valence-electron chi connectivity index (χ1n) is 4.20. The maximum absolute atomic E-state index is 10.5. The Hall–Kier alpha value is -1.53. The van der Waals surface area contributed by atoms with Crippen LogP contribution in [0.3, 0.4) is 0 Å². The summed E-state index contributed by atoms with van der Waals surface area (Å²) in [6, 6.07) is 4.70. The van der Waals surface area contributed by atoms with Gasteiger partial charge in [0.15, 0.2) is 0 Å². The highest BCUT2D eigenvalue weighted by molar-refractivity contribution is 7.81. The monoisotopic (exact) mass is 227 g/mol. The summed E-state index contributed by atoms with van der Waals surface area (Å²) in [7, 11) is -4.45. The molecule has 0 radical (unpaired) electrons. The zero-order chi connectivity index (χ0) is 11.1. The third kappa shape index (κ3) is 2.11. The molecule has 0 amide bonds. The fourth-order valence-corrected chi connectivity index (χ4v) is 1.76. The molecule has 6 heteroatoms. The van der Waals surface area contributed by atoms with Crippen molar-refractivity contribution >= 4 is 21.3 Å². The summed E-state index contributed by atoms with van der Waals surface area (Å²) < 4.78 is 33.8. The summed E-state index contributed by atoms with van der Waals surface area (Å²) in [5.74, 6) is 0.0905. The van der Waals surface area contributed by atoms with Gasteiger partial charge in [0, 0.05) is 17.1 Å². The van der Waals surface area contributed by atoms with Crippen LogP contribution in [-0.2, 0) is 10.4 Å². The maximum Gasteiger partial charge on any atom is 0.446 e. The number of aromatic amines is 1. The van der Waals surface area contributed by atoms with Crippen LogP contribution in [-0.4, -0.2) is 18.0 Å². The highest BCUT2D eigenvalue weighted by atomic mass is 32.3.